The van der Waals surface area contributed by atoms with Gasteiger partial charge in [0.05, 0.1) is 0 Å². The molecule has 0 saturated heterocycles. The third kappa shape index (κ3) is 2.74. The fourth-order valence-corrected chi connectivity index (χ4v) is 18.6. The van der Waals surface area contributed by atoms with Gasteiger partial charge in [0.2, 0.25) is 0 Å². The van der Waals surface area contributed by atoms with Crippen LogP contribution in [0.5, 0.6) is 0 Å². The van der Waals surface area contributed by atoms with Gasteiger partial charge in [0.25, 0.3) is 0 Å². The van der Waals surface area contributed by atoms with Gasteiger partial charge in [-0.25, -0.2) is 0 Å². The molecule has 0 fully saturated rings. The van der Waals surface area contributed by atoms with Crippen LogP contribution in [0.3, 0.4) is 0 Å². The summed E-state index contributed by atoms with van der Waals surface area (Å²) in [6, 6.07) is 10.9. The molecule has 0 heterocycles. The molecule has 1 rings (SSSR count). The van der Waals surface area contributed by atoms with Gasteiger partial charge in [0.1, 0.15) is 0 Å². The van der Waals surface area contributed by atoms with Crippen LogP contribution in [0.4, 0.5) is 0 Å². The third-order valence-electron chi connectivity index (χ3n) is 3.86. The number of hydrogen-bond donors (Lipinski definition) is 0. The summed E-state index contributed by atoms with van der Waals surface area (Å²) in [6.45, 7) is 2.38. The SMILES string of the molecule is C[CH](c1ccccc1)[Sn]([N](C)C)([N](C)C)[N](C)C. The van der Waals surface area contributed by atoms with E-state index < -0.39 is 19.2 Å². The Morgan fingerprint density at radius 2 is 1.17 bits per heavy atom. The van der Waals surface area contributed by atoms with Gasteiger partial charge in [0.15, 0.2) is 0 Å². The van der Waals surface area contributed by atoms with E-state index in [0.717, 1.165) is 0 Å². The fraction of sp³-hybridized carbons (Fsp3) is 0.571. The summed E-state index contributed by atoms with van der Waals surface area (Å²) in [5, 5.41) is 0. The average molecular weight is 356 g/mol. The van der Waals surface area contributed by atoms with Gasteiger partial charge >= 0.3 is 118 Å². The summed E-state index contributed by atoms with van der Waals surface area (Å²) in [6.07, 6.45) is 0. The predicted molar refractivity (Wildman–Crippen MR) is 81.7 cm³/mol. The quantitative estimate of drug-likeness (QED) is 0.747. The van der Waals surface area contributed by atoms with Crippen molar-refractivity contribution in [2.75, 3.05) is 42.3 Å². The zero-order chi connectivity index (χ0) is 13.9. The van der Waals surface area contributed by atoms with Gasteiger partial charge in [0, 0.05) is 0 Å². The molecule has 3 nitrogen and oxygen atoms in total. The van der Waals surface area contributed by atoms with Gasteiger partial charge in [-0.1, -0.05) is 0 Å². The van der Waals surface area contributed by atoms with E-state index in [1.54, 1.807) is 0 Å². The molecule has 4 heteroatoms. The summed E-state index contributed by atoms with van der Waals surface area (Å²) in [7, 11) is 13.4. The molecule has 1 aromatic carbocycles. The molecule has 102 valence electrons. The minimum atomic E-state index is -2.76. The summed E-state index contributed by atoms with van der Waals surface area (Å²) < 4.78 is 8.06. The molecule has 0 aliphatic carbocycles. The van der Waals surface area contributed by atoms with Crippen molar-refractivity contribution >= 4 is 19.2 Å². The molecule has 0 bridgehead atoms. The van der Waals surface area contributed by atoms with Crippen molar-refractivity contribution in [2.24, 2.45) is 0 Å². The first-order chi connectivity index (χ1) is 8.35. The van der Waals surface area contributed by atoms with E-state index in [0.29, 0.717) is 3.93 Å². The summed E-state index contributed by atoms with van der Waals surface area (Å²) in [5.74, 6) is 0. The van der Waals surface area contributed by atoms with E-state index in [9.17, 15) is 0 Å². The zero-order valence-corrected chi connectivity index (χ0v) is 15.7. The Morgan fingerprint density at radius 3 is 1.50 bits per heavy atom. The molecule has 1 unspecified atom stereocenters. The van der Waals surface area contributed by atoms with Gasteiger partial charge in [-0.3, -0.25) is 0 Å². The molecule has 0 radical (unpaired) electrons. The van der Waals surface area contributed by atoms with Crippen molar-refractivity contribution in [1.29, 1.82) is 0 Å². The van der Waals surface area contributed by atoms with Crippen molar-refractivity contribution < 1.29 is 0 Å². The maximum atomic E-state index is 2.49. The van der Waals surface area contributed by atoms with Crippen LogP contribution in [0.25, 0.3) is 0 Å². The van der Waals surface area contributed by atoms with E-state index >= 15 is 0 Å². The van der Waals surface area contributed by atoms with E-state index in [-0.39, 0.29) is 0 Å². The second-order valence-electron chi connectivity index (χ2n) is 5.50. The topological polar surface area (TPSA) is 9.72 Å². The van der Waals surface area contributed by atoms with E-state index in [2.05, 4.69) is 88.9 Å². The number of hydrogen-bond acceptors (Lipinski definition) is 3. The molecular formula is C14H27N3Sn. The Hall–Kier alpha value is -0.101. The second-order valence-corrected chi connectivity index (χ2v) is 19.6. The van der Waals surface area contributed by atoms with Crippen molar-refractivity contribution in [3.63, 3.8) is 0 Å². The molecule has 0 N–H and O–H groups in total. The van der Waals surface area contributed by atoms with Crippen LogP contribution in [0, 0.1) is 0 Å². The molecule has 1 aromatic rings. The summed E-state index contributed by atoms with van der Waals surface area (Å²) >= 11 is -2.76. The molecule has 0 aliphatic rings. The van der Waals surface area contributed by atoms with Gasteiger partial charge < -0.3 is 0 Å². The maximum absolute atomic E-state index is 2.76. The first-order valence-corrected chi connectivity index (χ1v) is 11.9. The number of rotatable bonds is 5. The minimum absolute atomic E-state index is 0.584. The predicted octanol–water partition coefficient (Wildman–Crippen LogP) is 1.95. The van der Waals surface area contributed by atoms with Crippen LogP contribution in [-0.4, -0.2) is 70.8 Å². The Balaban J connectivity index is 3.27. The molecule has 0 aromatic heterocycles. The van der Waals surface area contributed by atoms with Crippen molar-refractivity contribution in [3.8, 4) is 0 Å². The molecule has 0 saturated carbocycles. The molecular weight excluding hydrogens is 329 g/mol. The Kier molecular flexibility index (Phi) is 5.64. The van der Waals surface area contributed by atoms with Crippen molar-refractivity contribution in [2.45, 2.75) is 10.9 Å². The van der Waals surface area contributed by atoms with E-state index in [1.807, 2.05) is 0 Å². The van der Waals surface area contributed by atoms with Crippen LogP contribution in [0.15, 0.2) is 30.3 Å². The Labute approximate surface area is 117 Å². The monoisotopic (exact) mass is 357 g/mol. The van der Waals surface area contributed by atoms with E-state index in [4.69, 9.17) is 0 Å². The molecule has 0 aliphatic heterocycles. The van der Waals surface area contributed by atoms with Crippen LogP contribution in [-0.2, 0) is 0 Å². The van der Waals surface area contributed by atoms with Crippen LogP contribution in [0.1, 0.15) is 16.4 Å². The normalized spacial score (nSPS) is 14.6. The summed E-state index contributed by atoms with van der Waals surface area (Å²) in [5.41, 5.74) is 1.45. The van der Waals surface area contributed by atoms with Crippen molar-refractivity contribution in [1.82, 2.24) is 9.36 Å². The molecule has 0 spiro atoms. The number of nitrogens with zero attached hydrogens (tertiary/aromatic N) is 3. The van der Waals surface area contributed by atoms with Crippen LogP contribution < -0.4 is 0 Å². The summed E-state index contributed by atoms with van der Waals surface area (Å²) in [4.78, 5) is 0. The Bertz CT molecular complexity index is 341. The van der Waals surface area contributed by atoms with Crippen LogP contribution in [0.2, 0.25) is 0 Å². The Morgan fingerprint density at radius 1 is 0.778 bits per heavy atom. The molecule has 1 atom stereocenters. The zero-order valence-electron chi connectivity index (χ0n) is 12.8. The first kappa shape index (κ1) is 16.0. The van der Waals surface area contributed by atoms with Gasteiger partial charge in [-0.2, -0.15) is 0 Å². The molecule has 18 heavy (non-hydrogen) atoms. The van der Waals surface area contributed by atoms with Gasteiger partial charge in [-0.05, 0) is 0 Å². The second kappa shape index (κ2) is 6.37. The fourth-order valence-electron chi connectivity index (χ4n) is 3.33. The standard InChI is InChI=1S/C8H9.3C2H6N.Sn/c1-2-8-6-4-3-5-7-8;3*1-3-2;/h2-7H,1H3;3*1-2H3;/q;3*-1;+3. The van der Waals surface area contributed by atoms with Gasteiger partial charge in [-0.15, -0.1) is 0 Å². The number of benzene rings is 1. The third-order valence-corrected chi connectivity index (χ3v) is 19.4. The molecule has 0 amide bonds. The van der Waals surface area contributed by atoms with E-state index in [1.165, 1.54) is 5.56 Å². The first-order valence-electron chi connectivity index (χ1n) is 6.42. The van der Waals surface area contributed by atoms with Crippen LogP contribution >= 0.6 is 0 Å². The average Bonchev–Trinajstić information content (AvgIpc) is 2.29. The van der Waals surface area contributed by atoms with Crippen molar-refractivity contribution in [3.05, 3.63) is 35.9 Å².